The van der Waals surface area contributed by atoms with Crippen molar-refractivity contribution in [2.45, 2.75) is 84.0 Å². The Labute approximate surface area is 194 Å². The minimum atomic E-state index is -0.263. The summed E-state index contributed by atoms with van der Waals surface area (Å²) in [6, 6.07) is 17.2. The number of methoxy groups -OCH3 is 1. The topological polar surface area (TPSA) is 35.5 Å². The van der Waals surface area contributed by atoms with Gasteiger partial charge < -0.3 is 9.47 Å². The van der Waals surface area contributed by atoms with Gasteiger partial charge in [0.1, 0.15) is 11.5 Å². The van der Waals surface area contributed by atoms with Crippen molar-refractivity contribution in [3.63, 3.8) is 0 Å². The van der Waals surface area contributed by atoms with Crippen molar-refractivity contribution < 1.29 is 14.3 Å². The summed E-state index contributed by atoms with van der Waals surface area (Å²) in [5.41, 5.74) is 3.47. The highest BCUT2D eigenvalue weighted by Crippen LogP contribution is 2.66. The van der Waals surface area contributed by atoms with Gasteiger partial charge in [-0.3, -0.25) is 4.79 Å². The van der Waals surface area contributed by atoms with Crippen molar-refractivity contribution in [1.82, 2.24) is 0 Å². The Hall–Kier alpha value is -2.29. The molecule has 0 N–H and O–H groups in total. The van der Waals surface area contributed by atoms with E-state index < -0.39 is 0 Å². The van der Waals surface area contributed by atoms with Crippen LogP contribution in [0.3, 0.4) is 0 Å². The van der Waals surface area contributed by atoms with Crippen molar-refractivity contribution in [3.8, 4) is 11.5 Å². The van der Waals surface area contributed by atoms with Gasteiger partial charge in [0.05, 0.1) is 7.11 Å². The predicted octanol–water partition coefficient (Wildman–Crippen LogP) is 7.46. The van der Waals surface area contributed by atoms with Crippen molar-refractivity contribution in [3.05, 3.63) is 59.7 Å². The minimum absolute atomic E-state index is 0.263. The zero-order valence-electron chi connectivity index (χ0n) is 20.7. The van der Waals surface area contributed by atoms with Gasteiger partial charge in [-0.2, -0.15) is 0 Å². The number of benzene rings is 2. The van der Waals surface area contributed by atoms with E-state index >= 15 is 0 Å². The summed E-state index contributed by atoms with van der Waals surface area (Å²) in [4.78, 5) is 11.2. The average molecular weight is 437 g/mol. The van der Waals surface area contributed by atoms with Gasteiger partial charge in [-0.15, -0.1) is 0 Å². The number of hydrogen-bond acceptors (Lipinski definition) is 3. The highest BCUT2D eigenvalue weighted by atomic mass is 16.5. The standard InChI is InChI=1S/C25H28O3.2C2H6/c1-17(26)28-23-9-5-21(6-10-23)25-14-18-11-19(15-25)13-24(12-18,16-25)20-3-7-22(27-2)8-4-20;2*1-2/h3-10,18-19H,11-16H2,1-2H3;2*1-2H3. The van der Waals surface area contributed by atoms with E-state index in [4.69, 9.17) is 9.47 Å². The first-order valence-corrected chi connectivity index (χ1v) is 12.4. The summed E-state index contributed by atoms with van der Waals surface area (Å²) in [6.45, 7) is 9.45. The van der Waals surface area contributed by atoms with E-state index in [1.807, 2.05) is 39.8 Å². The van der Waals surface area contributed by atoms with E-state index in [0.29, 0.717) is 11.2 Å². The Morgan fingerprint density at radius 2 is 1.16 bits per heavy atom. The first kappa shape index (κ1) is 24.4. The summed E-state index contributed by atoms with van der Waals surface area (Å²) < 4.78 is 10.6. The third-order valence-electron chi connectivity index (χ3n) is 7.49. The molecule has 4 fully saturated rings. The summed E-state index contributed by atoms with van der Waals surface area (Å²) in [5.74, 6) is 2.95. The molecule has 4 saturated carbocycles. The predicted molar refractivity (Wildman–Crippen MR) is 131 cm³/mol. The largest absolute Gasteiger partial charge is 0.497 e. The maximum Gasteiger partial charge on any atom is 0.308 e. The van der Waals surface area contributed by atoms with Crippen LogP contribution in [0, 0.1) is 11.8 Å². The molecule has 3 heteroatoms. The fraction of sp³-hybridized carbons (Fsp3) is 0.552. The Kier molecular flexibility index (Phi) is 7.69. The van der Waals surface area contributed by atoms with Gasteiger partial charge >= 0.3 is 5.97 Å². The molecule has 0 radical (unpaired) electrons. The molecule has 0 aromatic heterocycles. The maximum absolute atomic E-state index is 11.2. The highest BCUT2D eigenvalue weighted by molar-refractivity contribution is 5.69. The lowest BCUT2D eigenvalue weighted by Gasteiger charge is -2.62. The SMILES string of the molecule is CC.CC.COc1ccc(C23CC4CC(C2)CC(c2ccc(OC(C)=O)cc2)(C4)C3)cc1. The van der Waals surface area contributed by atoms with E-state index in [2.05, 4.69) is 36.4 Å². The van der Waals surface area contributed by atoms with E-state index in [9.17, 15) is 4.79 Å². The zero-order chi connectivity index (χ0) is 23.4. The molecule has 0 heterocycles. The van der Waals surface area contributed by atoms with Crippen LogP contribution in [-0.2, 0) is 15.6 Å². The Balaban J connectivity index is 0.000000686. The molecule has 0 amide bonds. The maximum atomic E-state index is 11.2. The lowest BCUT2D eigenvalue weighted by atomic mass is 9.42. The molecule has 4 aliphatic carbocycles. The van der Waals surface area contributed by atoms with E-state index in [1.54, 1.807) is 7.11 Å². The lowest BCUT2D eigenvalue weighted by molar-refractivity contribution is -0.131. The number of ether oxygens (including phenoxy) is 2. The highest BCUT2D eigenvalue weighted by Gasteiger charge is 2.58. The van der Waals surface area contributed by atoms with Gasteiger partial charge in [0, 0.05) is 6.92 Å². The molecular formula is C29H40O3. The van der Waals surface area contributed by atoms with Gasteiger partial charge in [-0.25, -0.2) is 0 Å². The number of carbonyl (C=O) groups excluding carboxylic acids is 1. The van der Waals surface area contributed by atoms with Crippen molar-refractivity contribution in [1.29, 1.82) is 0 Å². The summed E-state index contributed by atoms with van der Waals surface area (Å²) in [7, 11) is 1.73. The second kappa shape index (κ2) is 10.1. The van der Waals surface area contributed by atoms with Gasteiger partial charge in [0.15, 0.2) is 0 Å². The first-order chi connectivity index (χ1) is 15.5. The Morgan fingerprint density at radius 3 is 1.53 bits per heavy atom. The second-order valence-electron chi connectivity index (χ2n) is 9.37. The van der Waals surface area contributed by atoms with Crippen LogP contribution in [0.5, 0.6) is 11.5 Å². The van der Waals surface area contributed by atoms with Crippen LogP contribution in [-0.4, -0.2) is 13.1 Å². The van der Waals surface area contributed by atoms with Crippen molar-refractivity contribution >= 4 is 5.97 Å². The minimum Gasteiger partial charge on any atom is -0.497 e. The zero-order valence-corrected chi connectivity index (χ0v) is 20.7. The summed E-state index contributed by atoms with van der Waals surface area (Å²) >= 11 is 0. The van der Waals surface area contributed by atoms with Gasteiger partial charge in [0.2, 0.25) is 0 Å². The number of carbonyl (C=O) groups is 1. The van der Waals surface area contributed by atoms with E-state index in [1.165, 1.54) is 56.6 Å². The van der Waals surface area contributed by atoms with Crippen LogP contribution in [0.15, 0.2) is 48.5 Å². The average Bonchev–Trinajstić information content (AvgIpc) is 2.81. The van der Waals surface area contributed by atoms with Gasteiger partial charge in [-0.05, 0) is 96.6 Å². The molecule has 6 rings (SSSR count). The third-order valence-corrected chi connectivity index (χ3v) is 7.49. The molecule has 0 saturated heterocycles. The molecule has 2 unspecified atom stereocenters. The molecule has 2 aromatic carbocycles. The van der Waals surface area contributed by atoms with Crippen LogP contribution in [0.4, 0.5) is 0 Å². The molecule has 32 heavy (non-hydrogen) atoms. The molecule has 0 aliphatic heterocycles. The number of rotatable bonds is 4. The van der Waals surface area contributed by atoms with Crippen LogP contribution >= 0.6 is 0 Å². The normalized spacial score (nSPS) is 29.2. The van der Waals surface area contributed by atoms with Gasteiger partial charge in [0.25, 0.3) is 0 Å². The van der Waals surface area contributed by atoms with E-state index in [-0.39, 0.29) is 11.4 Å². The molecule has 2 atom stereocenters. The third kappa shape index (κ3) is 4.58. The lowest BCUT2D eigenvalue weighted by Crippen LogP contribution is -2.55. The number of hydrogen-bond donors (Lipinski definition) is 0. The van der Waals surface area contributed by atoms with Crippen molar-refractivity contribution in [2.24, 2.45) is 11.8 Å². The summed E-state index contributed by atoms with van der Waals surface area (Å²) in [6.07, 6.45) is 7.87. The fourth-order valence-electron chi connectivity index (χ4n) is 6.93. The van der Waals surface area contributed by atoms with Crippen LogP contribution in [0.25, 0.3) is 0 Å². The first-order valence-electron chi connectivity index (χ1n) is 12.4. The van der Waals surface area contributed by atoms with Crippen molar-refractivity contribution in [2.75, 3.05) is 7.11 Å². The quantitative estimate of drug-likeness (QED) is 0.368. The molecule has 3 nitrogen and oxygen atoms in total. The molecule has 4 bridgehead atoms. The molecule has 0 spiro atoms. The number of esters is 1. The van der Waals surface area contributed by atoms with Crippen LogP contribution < -0.4 is 9.47 Å². The molecule has 2 aromatic rings. The second-order valence-corrected chi connectivity index (χ2v) is 9.37. The smallest absolute Gasteiger partial charge is 0.308 e. The Morgan fingerprint density at radius 1 is 0.750 bits per heavy atom. The van der Waals surface area contributed by atoms with Crippen LogP contribution in [0.2, 0.25) is 0 Å². The van der Waals surface area contributed by atoms with E-state index in [0.717, 1.165) is 17.6 Å². The fourth-order valence-corrected chi connectivity index (χ4v) is 6.93. The Bertz CT molecular complexity index is 868. The van der Waals surface area contributed by atoms with Crippen LogP contribution in [0.1, 0.15) is 84.3 Å². The molecule has 4 aliphatic rings. The van der Waals surface area contributed by atoms with Gasteiger partial charge in [-0.1, -0.05) is 52.0 Å². The monoisotopic (exact) mass is 436 g/mol. The molecular weight excluding hydrogens is 396 g/mol. The summed E-state index contributed by atoms with van der Waals surface area (Å²) in [5, 5.41) is 0. The molecule has 174 valence electrons.